The maximum absolute atomic E-state index is 13.2. The fourth-order valence-electron chi connectivity index (χ4n) is 3.54. The second-order valence-electron chi connectivity index (χ2n) is 6.19. The number of pyridine rings is 1. The summed E-state index contributed by atoms with van der Waals surface area (Å²) in [5.74, 6) is -0.000822. The molecule has 2 aromatic carbocycles. The van der Waals surface area contributed by atoms with Crippen LogP contribution in [0.1, 0.15) is 27.4 Å². The predicted molar refractivity (Wildman–Crippen MR) is 100 cm³/mol. The summed E-state index contributed by atoms with van der Waals surface area (Å²) >= 11 is 0. The summed E-state index contributed by atoms with van der Waals surface area (Å²) in [7, 11) is 1.45. The van der Waals surface area contributed by atoms with E-state index in [2.05, 4.69) is 17.1 Å². The molecule has 3 aromatic rings. The number of nitrogens with zero attached hydrogens (tertiary/aromatic N) is 1. The van der Waals surface area contributed by atoms with Crippen molar-refractivity contribution in [3.05, 3.63) is 93.9 Å². The zero-order chi connectivity index (χ0) is 18.1. The van der Waals surface area contributed by atoms with E-state index >= 15 is 0 Å². The summed E-state index contributed by atoms with van der Waals surface area (Å²) in [4.78, 5) is 29.7. The number of hydrogen-bond donors (Lipinski definition) is 1. The average Bonchev–Trinajstić information content (AvgIpc) is 3.07. The van der Waals surface area contributed by atoms with E-state index in [1.54, 1.807) is 11.0 Å². The molecule has 0 saturated heterocycles. The number of H-pyrrole nitrogens is 1. The van der Waals surface area contributed by atoms with Gasteiger partial charge in [-0.3, -0.25) is 9.59 Å². The molecular weight excluding hydrogens is 328 g/mol. The molecule has 1 aromatic heterocycles. The molecule has 1 N–H and O–H groups in total. The maximum atomic E-state index is 13.2. The van der Waals surface area contributed by atoms with Crippen molar-refractivity contribution < 1.29 is 9.53 Å². The van der Waals surface area contributed by atoms with Gasteiger partial charge >= 0.3 is 0 Å². The monoisotopic (exact) mass is 346 g/mol. The zero-order valence-corrected chi connectivity index (χ0v) is 14.3. The Hall–Kier alpha value is -3.34. The van der Waals surface area contributed by atoms with Gasteiger partial charge < -0.3 is 14.6 Å². The third-order valence-electron chi connectivity index (χ3n) is 4.77. The molecule has 4 rings (SSSR count). The minimum Gasteiger partial charge on any atom is -0.496 e. The van der Waals surface area contributed by atoms with Crippen LogP contribution in [-0.4, -0.2) is 24.5 Å². The molecular formula is C21H18N2O3. The van der Waals surface area contributed by atoms with E-state index < -0.39 is 5.56 Å². The molecule has 1 aliphatic rings. The third kappa shape index (κ3) is 2.58. The maximum Gasteiger partial charge on any atom is 0.267 e. The number of aromatic nitrogens is 1. The lowest BCUT2D eigenvalue weighted by atomic mass is 9.93. The van der Waals surface area contributed by atoms with Crippen LogP contribution in [-0.2, 0) is 0 Å². The van der Waals surface area contributed by atoms with Crippen molar-refractivity contribution >= 4 is 11.6 Å². The van der Waals surface area contributed by atoms with Crippen LogP contribution in [0.15, 0.2) is 71.7 Å². The summed E-state index contributed by atoms with van der Waals surface area (Å²) in [5, 5.41) is 0. The molecule has 1 atom stereocenters. The van der Waals surface area contributed by atoms with Crippen LogP contribution in [0.5, 0.6) is 5.75 Å². The number of para-hydroxylation sites is 1. The number of fused-ring (bicyclic) bond motifs is 1. The predicted octanol–water partition coefficient (Wildman–Crippen LogP) is 3.18. The first-order valence-corrected chi connectivity index (χ1v) is 8.42. The smallest absolute Gasteiger partial charge is 0.267 e. The van der Waals surface area contributed by atoms with Gasteiger partial charge in [-0.05, 0) is 23.3 Å². The first kappa shape index (κ1) is 16.1. The van der Waals surface area contributed by atoms with E-state index in [4.69, 9.17) is 4.74 Å². The van der Waals surface area contributed by atoms with E-state index in [1.807, 2.05) is 42.5 Å². The van der Waals surface area contributed by atoms with Crippen molar-refractivity contribution in [1.29, 1.82) is 0 Å². The number of aromatic amines is 1. The normalized spacial score (nSPS) is 15.6. The van der Waals surface area contributed by atoms with Gasteiger partial charge in [-0.15, -0.1) is 0 Å². The van der Waals surface area contributed by atoms with E-state index in [0.717, 1.165) is 16.8 Å². The number of amides is 1. The molecule has 0 spiro atoms. The van der Waals surface area contributed by atoms with Gasteiger partial charge in [-0.1, -0.05) is 48.5 Å². The molecule has 0 radical (unpaired) electrons. The van der Waals surface area contributed by atoms with Gasteiger partial charge in [-0.2, -0.15) is 0 Å². The van der Waals surface area contributed by atoms with E-state index in [0.29, 0.717) is 6.54 Å². The first-order chi connectivity index (χ1) is 12.7. The lowest BCUT2D eigenvalue weighted by Gasteiger charge is -2.19. The topological polar surface area (TPSA) is 62.4 Å². The van der Waals surface area contributed by atoms with Crippen LogP contribution >= 0.6 is 0 Å². The van der Waals surface area contributed by atoms with Crippen molar-refractivity contribution in [2.75, 3.05) is 18.6 Å². The lowest BCUT2D eigenvalue weighted by molar-refractivity contribution is 0.0984. The molecule has 0 saturated carbocycles. The fourth-order valence-corrected chi connectivity index (χ4v) is 3.54. The van der Waals surface area contributed by atoms with Gasteiger partial charge in [0, 0.05) is 24.3 Å². The molecule has 1 amide bonds. The van der Waals surface area contributed by atoms with Crippen molar-refractivity contribution in [2.45, 2.75) is 5.92 Å². The van der Waals surface area contributed by atoms with Gasteiger partial charge in [-0.25, -0.2) is 0 Å². The standard InChI is InChI=1S/C21H18N2O3/c1-26-18-11-12-22-20(24)19(18)21(25)23-13-16(14-7-3-2-4-8-14)15-9-5-6-10-17(15)23/h2-12,16H,13H2,1H3,(H,22,24)/t16-/m1/s1. The van der Waals surface area contributed by atoms with Crippen LogP contribution in [0, 0.1) is 0 Å². The second kappa shape index (κ2) is 6.52. The summed E-state index contributed by atoms with van der Waals surface area (Å²) in [6, 6.07) is 19.5. The molecule has 0 aliphatic carbocycles. The van der Waals surface area contributed by atoms with Crippen molar-refractivity contribution in [1.82, 2.24) is 4.98 Å². The van der Waals surface area contributed by atoms with Crippen molar-refractivity contribution in [3.8, 4) is 5.75 Å². The van der Waals surface area contributed by atoms with Crippen LogP contribution in [0.25, 0.3) is 0 Å². The summed E-state index contributed by atoms with van der Waals surface area (Å²) in [5.41, 5.74) is 2.63. The molecule has 0 unspecified atom stereocenters. The number of methoxy groups -OCH3 is 1. The first-order valence-electron chi connectivity index (χ1n) is 8.42. The Morgan fingerprint density at radius 3 is 2.58 bits per heavy atom. The number of anilines is 1. The Balaban J connectivity index is 1.79. The number of benzene rings is 2. The highest BCUT2D eigenvalue weighted by Gasteiger charge is 2.35. The number of rotatable bonds is 3. The molecule has 0 fully saturated rings. The number of nitrogens with one attached hydrogen (secondary N) is 1. The Labute approximate surface area is 150 Å². The average molecular weight is 346 g/mol. The fraction of sp³-hybridized carbons (Fsp3) is 0.143. The molecule has 2 heterocycles. The zero-order valence-electron chi connectivity index (χ0n) is 14.3. The van der Waals surface area contributed by atoms with Gasteiger partial charge in [0.15, 0.2) is 0 Å². The Morgan fingerprint density at radius 1 is 1.08 bits per heavy atom. The van der Waals surface area contributed by atoms with E-state index in [9.17, 15) is 9.59 Å². The van der Waals surface area contributed by atoms with Crippen LogP contribution < -0.4 is 15.2 Å². The van der Waals surface area contributed by atoms with Crippen molar-refractivity contribution in [2.24, 2.45) is 0 Å². The third-order valence-corrected chi connectivity index (χ3v) is 4.77. The second-order valence-corrected chi connectivity index (χ2v) is 6.19. The SMILES string of the molecule is COc1cc[nH]c(=O)c1C(=O)N1C[C@H](c2ccccc2)c2ccccc21. The quantitative estimate of drug-likeness (QED) is 0.792. The molecule has 130 valence electrons. The van der Waals surface area contributed by atoms with Crippen LogP contribution in [0.4, 0.5) is 5.69 Å². The van der Waals surface area contributed by atoms with Crippen LogP contribution in [0.2, 0.25) is 0 Å². The Kier molecular flexibility index (Phi) is 4.05. The highest BCUT2D eigenvalue weighted by molar-refractivity contribution is 6.09. The lowest BCUT2D eigenvalue weighted by Crippen LogP contribution is -2.34. The van der Waals surface area contributed by atoms with Gasteiger partial charge in [0.1, 0.15) is 11.3 Å². The largest absolute Gasteiger partial charge is 0.496 e. The van der Waals surface area contributed by atoms with Gasteiger partial charge in [0.25, 0.3) is 11.5 Å². The van der Waals surface area contributed by atoms with E-state index in [1.165, 1.54) is 13.3 Å². The molecule has 1 aliphatic heterocycles. The number of hydrogen-bond acceptors (Lipinski definition) is 3. The molecule has 0 bridgehead atoms. The van der Waals surface area contributed by atoms with E-state index in [-0.39, 0.29) is 23.1 Å². The minimum atomic E-state index is -0.449. The highest BCUT2D eigenvalue weighted by atomic mass is 16.5. The summed E-state index contributed by atoms with van der Waals surface area (Å²) < 4.78 is 5.24. The van der Waals surface area contributed by atoms with Gasteiger partial charge in [0.05, 0.1) is 7.11 Å². The highest BCUT2D eigenvalue weighted by Crippen LogP contribution is 2.40. The number of carbonyl (C=O) groups is 1. The van der Waals surface area contributed by atoms with Gasteiger partial charge in [0.2, 0.25) is 0 Å². The minimum absolute atomic E-state index is 0.0264. The van der Waals surface area contributed by atoms with Crippen molar-refractivity contribution in [3.63, 3.8) is 0 Å². The molecule has 26 heavy (non-hydrogen) atoms. The molecule has 5 heteroatoms. The summed E-state index contributed by atoms with van der Waals surface area (Å²) in [6.07, 6.45) is 1.47. The Bertz CT molecular complexity index is 1010. The summed E-state index contributed by atoms with van der Waals surface area (Å²) in [6.45, 7) is 0.486. The number of ether oxygens (including phenoxy) is 1. The number of carbonyl (C=O) groups excluding carboxylic acids is 1. The Morgan fingerprint density at radius 2 is 1.81 bits per heavy atom. The van der Waals surface area contributed by atoms with Crippen LogP contribution in [0.3, 0.4) is 0 Å². The molecule has 5 nitrogen and oxygen atoms in total.